The summed E-state index contributed by atoms with van der Waals surface area (Å²) in [6, 6.07) is 0.220. The first kappa shape index (κ1) is 12.2. The zero-order valence-electron chi connectivity index (χ0n) is 9.61. The normalized spacial score (nSPS) is 27.5. The van der Waals surface area contributed by atoms with Gasteiger partial charge in [-0.15, -0.1) is 0 Å². The number of nitrogens with zero attached hydrogens (tertiary/aromatic N) is 1. The molecule has 2 saturated heterocycles. The predicted octanol–water partition coefficient (Wildman–Crippen LogP) is 0.330. The van der Waals surface area contributed by atoms with Gasteiger partial charge in [0.2, 0.25) is 5.91 Å². The minimum atomic E-state index is 0.220. The van der Waals surface area contributed by atoms with Gasteiger partial charge in [0.15, 0.2) is 0 Å². The van der Waals surface area contributed by atoms with Crippen LogP contribution >= 0.6 is 11.8 Å². The minimum Gasteiger partial charge on any atom is -0.378 e. The number of amides is 1. The average Bonchev–Trinajstić information content (AvgIpc) is 2.59. The monoisotopic (exact) mass is 244 g/mol. The number of morpholine rings is 1. The molecule has 0 bridgehead atoms. The van der Waals surface area contributed by atoms with Gasteiger partial charge in [-0.3, -0.25) is 4.79 Å². The third-order valence-corrected chi connectivity index (χ3v) is 4.04. The molecule has 0 aliphatic carbocycles. The molecule has 1 unspecified atom stereocenters. The Morgan fingerprint density at radius 2 is 2.38 bits per heavy atom. The molecule has 16 heavy (non-hydrogen) atoms. The van der Waals surface area contributed by atoms with E-state index >= 15 is 0 Å². The zero-order valence-corrected chi connectivity index (χ0v) is 10.4. The summed E-state index contributed by atoms with van der Waals surface area (Å²) in [6.45, 7) is 4.16. The van der Waals surface area contributed by atoms with Crippen LogP contribution < -0.4 is 5.32 Å². The van der Waals surface area contributed by atoms with Crippen LogP contribution in [0.1, 0.15) is 12.8 Å². The Morgan fingerprint density at radius 3 is 3.19 bits per heavy atom. The summed E-state index contributed by atoms with van der Waals surface area (Å²) in [5, 5.41) is 3.33. The molecule has 2 aliphatic heterocycles. The maximum Gasteiger partial charge on any atom is 0.224 e. The Morgan fingerprint density at radius 1 is 1.44 bits per heavy atom. The highest BCUT2D eigenvalue weighted by atomic mass is 32.2. The van der Waals surface area contributed by atoms with Crippen LogP contribution in [0.25, 0.3) is 0 Å². The van der Waals surface area contributed by atoms with Gasteiger partial charge >= 0.3 is 0 Å². The molecular weight excluding hydrogens is 224 g/mol. The highest BCUT2D eigenvalue weighted by Gasteiger charge is 2.21. The van der Waals surface area contributed by atoms with Crippen molar-refractivity contribution in [3.8, 4) is 0 Å². The summed E-state index contributed by atoms with van der Waals surface area (Å²) in [6.07, 6.45) is 1.72. The van der Waals surface area contributed by atoms with E-state index < -0.39 is 0 Å². The minimum absolute atomic E-state index is 0.220. The molecule has 1 N–H and O–H groups in total. The van der Waals surface area contributed by atoms with E-state index in [4.69, 9.17) is 4.74 Å². The van der Waals surface area contributed by atoms with E-state index in [1.165, 1.54) is 5.75 Å². The lowest BCUT2D eigenvalue weighted by molar-refractivity contribution is -0.132. The second-order valence-electron chi connectivity index (χ2n) is 4.28. The van der Waals surface area contributed by atoms with Gasteiger partial charge in [-0.05, 0) is 12.2 Å². The van der Waals surface area contributed by atoms with Gasteiger partial charge in [0, 0.05) is 37.8 Å². The molecule has 0 saturated carbocycles. The molecule has 1 atom stereocenters. The second kappa shape index (κ2) is 6.47. The first-order valence-corrected chi connectivity index (χ1v) is 7.18. The fourth-order valence-corrected chi connectivity index (χ4v) is 2.97. The Kier molecular flexibility index (Phi) is 4.93. The predicted molar refractivity (Wildman–Crippen MR) is 65.7 cm³/mol. The molecule has 5 heteroatoms. The van der Waals surface area contributed by atoms with Gasteiger partial charge in [0.05, 0.1) is 13.2 Å². The van der Waals surface area contributed by atoms with Crippen LogP contribution in [0.5, 0.6) is 0 Å². The fraction of sp³-hybridized carbons (Fsp3) is 0.909. The van der Waals surface area contributed by atoms with Crippen molar-refractivity contribution in [3.05, 3.63) is 0 Å². The van der Waals surface area contributed by atoms with Crippen LogP contribution in [0, 0.1) is 0 Å². The van der Waals surface area contributed by atoms with Gasteiger partial charge in [-0.25, -0.2) is 0 Å². The summed E-state index contributed by atoms with van der Waals surface area (Å²) in [5.74, 6) is 2.56. The van der Waals surface area contributed by atoms with Crippen molar-refractivity contribution in [1.29, 1.82) is 0 Å². The van der Waals surface area contributed by atoms with E-state index in [0.717, 1.165) is 38.4 Å². The van der Waals surface area contributed by atoms with E-state index in [-0.39, 0.29) is 11.9 Å². The molecule has 0 aromatic rings. The van der Waals surface area contributed by atoms with Crippen LogP contribution in [0.4, 0.5) is 0 Å². The number of carbonyl (C=O) groups excluding carboxylic acids is 1. The third kappa shape index (κ3) is 3.64. The second-order valence-corrected chi connectivity index (χ2v) is 5.50. The molecule has 2 rings (SSSR count). The molecule has 0 radical (unpaired) electrons. The number of rotatable bonds is 2. The molecule has 4 nitrogen and oxygen atoms in total. The molecule has 0 aromatic heterocycles. The number of nitrogens with one attached hydrogen (secondary N) is 1. The standard InChI is InChI=1S/C11H20N2O2S/c14-11(8-10-9-15-5-2-12-10)13-3-1-6-16-7-4-13/h10,12H,1-9H2. The van der Waals surface area contributed by atoms with Crippen LogP contribution in [0.2, 0.25) is 0 Å². The third-order valence-electron chi connectivity index (χ3n) is 2.99. The van der Waals surface area contributed by atoms with Crippen LogP contribution in [-0.2, 0) is 9.53 Å². The van der Waals surface area contributed by atoms with E-state index in [0.29, 0.717) is 13.0 Å². The molecule has 2 heterocycles. The summed E-state index contributed by atoms with van der Waals surface area (Å²) in [4.78, 5) is 14.1. The maximum atomic E-state index is 12.0. The van der Waals surface area contributed by atoms with E-state index in [1.807, 2.05) is 16.7 Å². The summed E-state index contributed by atoms with van der Waals surface area (Å²) in [7, 11) is 0. The van der Waals surface area contributed by atoms with Crippen LogP contribution in [0.3, 0.4) is 0 Å². The highest BCUT2D eigenvalue weighted by Crippen LogP contribution is 2.12. The summed E-state index contributed by atoms with van der Waals surface area (Å²) in [5.41, 5.74) is 0. The topological polar surface area (TPSA) is 41.6 Å². The van der Waals surface area contributed by atoms with E-state index in [2.05, 4.69) is 5.32 Å². The number of hydrogen-bond acceptors (Lipinski definition) is 4. The fourth-order valence-electron chi connectivity index (χ4n) is 2.09. The largest absolute Gasteiger partial charge is 0.378 e. The first-order valence-electron chi connectivity index (χ1n) is 6.03. The smallest absolute Gasteiger partial charge is 0.224 e. The lowest BCUT2D eigenvalue weighted by atomic mass is 10.1. The van der Waals surface area contributed by atoms with E-state index in [1.54, 1.807) is 0 Å². The Labute approximate surface area is 101 Å². The number of ether oxygens (including phenoxy) is 1. The van der Waals surface area contributed by atoms with Crippen molar-refractivity contribution in [3.63, 3.8) is 0 Å². The Balaban J connectivity index is 1.76. The lowest BCUT2D eigenvalue weighted by Crippen LogP contribution is -2.45. The number of thioether (sulfide) groups is 1. The van der Waals surface area contributed by atoms with Gasteiger partial charge in [-0.1, -0.05) is 0 Å². The van der Waals surface area contributed by atoms with Gasteiger partial charge < -0.3 is 15.0 Å². The molecule has 2 aliphatic rings. The summed E-state index contributed by atoms with van der Waals surface area (Å²) < 4.78 is 5.36. The SMILES string of the molecule is O=C(CC1COCCN1)N1CCCSCC1. The van der Waals surface area contributed by atoms with Crippen molar-refractivity contribution in [2.75, 3.05) is 44.4 Å². The quantitative estimate of drug-likeness (QED) is 0.760. The van der Waals surface area contributed by atoms with Gasteiger partial charge in [0.1, 0.15) is 0 Å². The molecule has 0 spiro atoms. The van der Waals surface area contributed by atoms with Gasteiger partial charge in [-0.2, -0.15) is 11.8 Å². The molecule has 0 aromatic carbocycles. The molecule has 1 amide bonds. The van der Waals surface area contributed by atoms with Crippen molar-refractivity contribution in [2.24, 2.45) is 0 Å². The van der Waals surface area contributed by atoms with Crippen LogP contribution in [-0.4, -0.2) is 61.2 Å². The highest BCUT2D eigenvalue weighted by molar-refractivity contribution is 7.99. The zero-order chi connectivity index (χ0) is 11.2. The van der Waals surface area contributed by atoms with Gasteiger partial charge in [0.25, 0.3) is 0 Å². The van der Waals surface area contributed by atoms with Crippen molar-refractivity contribution in [2.45, 2.75) is 18.9 Å². The first-order chi connectivity index (χ1) is 7.86. The Bertz CT molecular complexity index is 224. The number of carbonyl (C=O) groups is 1. The van der Waals surface area contributed by atoms with Crippen LogP contribution in [0.15, 0.2) is 0 Å². The van der Waals surface area contributed by atoms with Crippen molar-refractivity contribution in [1.82, 2.24) is 10.2 Å². The van der Waals surface area contributed by atoms with Crippen molar-refractivity contribution >= 4 is 17.7 Å². The average molecular weight is 244 g/mol. The van der Waals surface area contributed by atoms with E-state index in [9.17, 15) is 4.79 Å². The lowest BCUT2D eigenvalue weighted by Gasteiger charge is -2.26. The maximum absolute atomic E-state index is 12.0. The Hall–Kier alpha value is -0.260. The molecule has 92 valence electrons. The molecular formula is C11H20N2O2S. The van der Waals surface area contributed by atoms with Crippen molar-refractivity contribution < 1.29 is 9.53 Å². The number of hydrogen-bond donors (Lipinski definition) is 1. The summed E-state index contributed by atoms with van der Waals surface area (Å²) >= 11 is 1.95. The molecule has 2 fully saturated rings.